The van der Waals surface area contributed by atoms with Crippen molar-refractivity contribution in [2.45, 2.75) is 23.8 Å². The van der Waals surface area contributed by atoms with E-state index in [2.05, 4.69) is 28.3 Å². The summed E-state index contributed by atoms with van der Waals surface area (Å²) in [6, 6.07) is 9.77. The van der Waals surface area contributed by atoms with Crippen LogP contribution >= 0.6 is 11.8 Å². The van der Waals surface area contributed by atoms with Crippen LogP contribution in [0.2, 0.25) is 0 Å². The highest BCUT2D eigenvalue weighted by Crippen LogP contribution is 2.31. The van der Waals surface area contributed by atoms with E-state index >= 15 is 0 Å². The fourth-order valence-corrected chi connectivity index (χ4v) is 3.22. The Labute approximate surface area is 165 Å². The number of likely N-dealkylation sites (N-methyl/N-ethyl adjacent to an activating group) is 1. The second-order valence-corrected chi connectivity index (χ2v) is 7.19. The van der Waals surface area contributed by atoms with E-state index in [1.54, 1.807) is 0 Å². The molecule has 3 rings (SSSR count). The fourth-order valence-electron chi connectivity index (χ4n) is 2.39. The van der Waals surface area contributed by atoms with Crippen LogP contribution in [0.25, 0.3) is 5.57 Å². The first-order valence-corrected chi connectivity index (χ1v) is 9.30. The molecule has 9 nitrogen and oxygen atoms in total. The number of benzene rings is 1. The van der Waals surface area contributed by atoms with E-state index in [0.717, 1.165) is 36.0 Å². The summed E-state index contributed by atoms with van der Waals surface area (Å²) >= 11 is 1.52. The molecule has 28 heavy (non-hydrogen) atoms. The molecule has 150 valence electrons. The highest BCUT2D eigenvalue weighted by atomic mass is 32.2. The largest absolute Gasteiger partial charge is 0.480 e. The van der Waals surface area contributed by atoms with E-state index < -0.39 is 11.9 Å². The Bertz CT molecular complexity index is 812. The van der Waals surface area contributed by atoms with Gasteiger partial charge >= 0.3 is 11.9 Å². The third kappa shape index (κ3) is 6.71. The van der Waals surface area contributed by atoms with Crippen LogP contribution in [0.4, 0.5) is 0 Å². The molecular formula is C18H21N3O6S. The van der Waals surface area contributed by atoms with Gasteiger partial charge in [0.15, 0.2) is 5.03 Å². The molecule has 0 aliphatic carbocycles. The third-order valence-corrected chi connectivity index (χ3v) is 4.53. The Morgan fingerprint density at radius 1 is 1.21 bits per heavy atom. The average molecular weight is 407 g/mol. The monoisotopic (exact) mass is 407 g/mol. The van der Waals surface area contributed by atoms with Gasteiger partial charge < -0.3 is 19.8 Å². The Morgan fingerprint density at radius 2 is 1.89 bits per heavy atom. The number of aliphatic carboxylic acids is 2. The van der Waals surface area contributed by atoms with Crippen LogP contribution in [0.5, 0.6) is 5.75 Å². The van der Waals surface area contributed by atoms with Crippen molar-refractivity contribution in [3.05, 3.63) is 42.1 Å². The summed E-state index contributed by atoms with van der Waals surface area (Å²) in [5, 5.41) is 23.7. The maximum absolute atomic E-state index is 9.10. The van der Waals surface area contributed by atoms with Gasteiger partial charge in [0.05, 0.1) is 0 Å². The van der Waals surface area contributed by atoms with Gasteiger partial charge in [-0.25, -0.2) is 14.2 Å². The molecule has 0 radical (unpaired) electrons. The average Bonchev–Trinajstić information content (AvgIpc) is 3.11. The van der Waals surface area contributed by atoms with Crippen molar-refractivity contribution in [2.75, 3.05) is 20.1 Å². The lowest BCUT2D eigenvalue weighted by atomic mass is 10.1. The molecule has 1 aromatic carbocycles. The number of carboxylic acid groups (broad SMARTS) is 2. The molecule has 1 aliphatic rings. The Hall–Kier alpha value is -2.85. The Kier molecular flexibility index (Phi) is 8.02. The Morgan fingerprint density at radius 3 is 2.50 bits per heavy atom. The number of hydrogen-bond acceptors (Lipinski definition) is 8. The molecule has 1 atom stereocenters. The van der Waals surface area contributed by atoms with Crippen molar-refractivity contribution in [1.29, 1.82) is 0 Å². The molecule has 0 saturated heterocycles. The number of nitrogens with zero attached hydrogens (tertiary/aromatic N) is 3. The lowest BCUT2D eigenvalue weighted by Gasteiger charge is -2.22. The number of para-hydroxylation sites is 1. The molecule has 0 amide bonds. The van der Waals surface area contributed by atoms with Gasteiger partial charge in [0, 0.05) is 13.1 Å². The van der Waals surface area contributed by atoms with Gasteiger partial charge in [-0.3, -0.25) is 0 Å². The van der Waals surface area contributed by atoms with Crippen molar-refractivity contribution < 1.29 is 29.2 Å². The van der Waals surface area contributed by atoms with E-state index in [4.69, 9.17) is 29.2 Å². The molecule has 2 heterocycles. The van der Waals surface area contributed by atoms with E-state index in [-0.39, 0.29) is 5.44 Å². The van der Waals surface area contributed by atoms with Crippen molar-refractivity contribution in [2.24, 2.45) is 0 Å². The number of hydrogen-bond donors (Lipinski definition) is 2. The van der Waals surface area contributed by atoms with Gasteiger partial charge in [-0.05, 0) is 48.4 Å². The van der Waals surface area contributed by atoms with Gasteiger partial charge in [0.25, 0.3) is 0 Å². The van der Waals surface area contributed by atoms with Crippen molar-refractivity contribution in [1.82, 2.24) is 15.2 Å². The third-order valence-electron chi connectivity index (χ3n) is 3.61. The zero-order valence-corrected chi connectivity index (χ0v) is 16.3. The highest BCUT2D eigenvalue weighted by molar-refractivity contribution is 7.99. The summed E-state index contributed by atoms with van der Waals surface area (Å²) < 4.78 is 10.8. The highest BCUT2D eigenvalue weighted by Gasteiger charge is 2.21. The van der Waals surface area contributed by atoms with E-state index in [1.165, 1.54) is 17.3 Å². The molecule has 0 bridgehead atoms. The van der Waals surface area contributed by atoms with E-state index in [1.807, 2.05) is 37.3 Å². The second-order valence-electron chi connectivity index (χ2n) is 5.90. The van der Waals surface area contributed by atoms with Gasteiger partial charge in [-0.2, -0.15) is 0 Å². The summed E-state index contributed by atoms with van der Waals surface area (Å²) in [4.78, 5) is 20.5. The molecule has 1 unspecified atom stereocenters. The number of aromatic nitrogens is 2. The standard InChI is InChI=1S/C16H19N3O2S.C2H2O4/c1-12(20-14-8-4-3-5-9-14)22-16-15(17-21-18-16)13-7-6-10-19(2)11-13;3-1(4)2(5)6/h3-5,7-9,12H,6,10-11H2,1-2H3;(H,3,4)(H,5,6). The first kappa shape index (κ1) is 21.5. The predicted molar refractivity (Wildman–Crippen MR) is 102 cm³/mol. The molecule has 0 spiro atoms. The number of thioether (sulfide) groups is 1. The van der Waals surface area contributed by atoms with Crippen molar-refractivity contribution in [3.8, 4) is 5.75 Å². The summed E-state index contributed by atoms with van der Waals surface area (Å²) in [7, 11) is 2.11. The molecule has 2 N–H and O–H groups in total. The molecule has 0 fully saturated rings. The van der Waals surface area contributed by atoms with E-state index in [0.29, 0.717) is 0 Å². The smallest absolute Gasteiger partial charge is 0.414 e. The number of ether oxygens (including phenoxy) is 1. The molecule has 10 heteroatoms. The lowest BCUT2D eigenvalue weighted by molar-refractivity contribution is -0.159. The molecule has 1 aliphatic heterocycles. The van der Waals surface area contributed by atoms with Crippen molar-refractivity contribution in [3.63, 3.8) is 0 Å². The van der Waals surface area contributed by atoms with Gasteiger partial charge in [0.1, 0.15) is 16.9 Å². The number of carboxylic acids is 2. The zero-order valence-electron chi connectivity index (χ0n) is 15.4. The van der Waals surface area contributed by atoms with Gasteiger partial charge in [-0.1, -0.05) is 36.0 Å². The maximum atomic E-state index is 9.10. The normalized spacial score (nSPS) is 15.0. The molecule has 0 saturated carbocycles. The van der Waals surface area contributed by atoms with E-state index in [9.17, 15) is 0 Å². The zero-order chi connectivity index (χ0) is 20.5. The van der Waals surface area contributed by atoms with Crippen LogP contribution in [-0.2, 0) is 9.59 Å². The SMILES string of the molecule is CC(Oc1ccccc1)Sc1nonc1C1=CCCN(C)C1.O=C(O)C(=O)O. The minimum atomic E-state index is -1.82. The summed E-state index contributed by atoms with van der Waals surface area (Å²) in [6.45, 7) is 3.94. The van der Waals surface area contributed by atoms with Crippen LogP contribution in [0, 0.1) is 0 Å². The predicted octanol–water partition coefficient (Wildman–Crippen LogP) is 2.46. The minimum absolute atomic E-state index is 0.0741. The van der Waals surface area contributed by atoms with Gasteiger partial charge in [0.2, 0.25) is 0 Å². The van der Waals surface area contributed by atoms with Gasteiger partial charge in [-0.15, -0.1) is 0 Å². The quantitative estimate of drug-likeness (QED) is 0.433. The van der Waals surface area contributed by atoms with Crippen LogP contribution in [0.1, 0.15) is 19.0 Å². The number of rotatable bonds is 5. The topological polar surface area (TPSA) is 126 Å². The van der Waals surface area contributed by atoms with Crippen LogP contribution in [0.3, 0.4) is 0 Å². The first-order valence-electron chi connectivity index (χ1n) is 8.42. The Balaban J connectivity index is 0.000000409. The van der Waals surface area contributed by atoms with Crippen molar-refractivity contribution >= 4 is 29.3 Å². The maximum Gasteiger partial charge on any atom is 0.414 e. The fraction of sp³-hybridized carbons (Fsp3) is 0.333. The summed E-state index contributed by atoms with van der Waals surface area (Å²) in [6.07, 6.45) is 3.24. The van der Waals surface area contributed by atoms with Crippen LogP contribution in [0.15, 0.2) is 46.1 Å². The molecule has 2 aromatic rings. The summed E-state index contributed by atoms with van der Waals surface area (Å²) in [5.74, 6) is -2.80. The molecular weight excluding hydrogens is 386 g/mol. The van der Waals surface area contributed by atoms with Crippen LogP contribution in [-0.4, -0.2) is 62.9 Å². The molecule has 1 aromatic heterocycles. The van der Waals surface area contributed by atoms with Crippen LogP contribution < -0.4 is 4.74 Å². The first-order chi connectivity index (χ1) is 13.4. The summed E-state index contributed by atoms with van der Waals surface area (Å²) in [5.41, 5.74) is 1.93. The number of carbonyl (C=O) groups is 2. The lowest BCUT2D eigenvalue weighted by Crippen LogP contribution is -2.25. The minimum Gasteiger partial charge on any atom is -0.480 e. The second kappa shape index (κ2) is 10.5.